The molecule has 0 N–H and O–H groups in total. The molecule has 4 nitrogen and oxygen atoms in total. The summed E-state index contributed by atoms with van der Waals surface area (Å²) >= 11 is 0. The van der Waals surface area contributed by atoms with E-state index in [1.807, 2.05) is 18.2 Å². The van der Waals surface area contributed by atoms with Gasteiger partial charge in [0.05, 0.1) is 33.6 Å². The predicted molar refractivity (Wildman–Crippen MR) is 238 cm³/mol. The van der Waals surface area contributed by atoms with Gasteiger partial charge in [0.2, 0.25) is 0 Å². The van der Waals surface area contributed by atoms with Crippen molar-refractivity contribution in [3.8, 4) is 33.8 Å². The van der Waals surface area contributed by atoms with Crippen LogP contribution in [0.5, 0.6) is 0 Å². The highest BCUT2D eigenvalue weighted by molar-refractivity contribution is 6.22. The Hall–Kier alpha value is -7.69. The van der Waals surface area contributed by atoms with Gasteiger partial charge in [-0.15, -0.1) is 0 Å². The first-order chi connectivity index (χ1) is 28.2. The van der Waals surface area contributed by atoms with Gasteiger partial charge in [-0.1, -0.05) is 158 Å². The first-order valence-electron chi connectivity index (χ1n) is 19.3. The molecule has 0 aliphatic rings. The Morgan fingerprint density at radius 1 is 0.316 bits per heavy atom. The molecule has 3 aromatic heterocycles. The number of rotatable bonds is 6. The summed E-state index contributed by atoms with van der Waals surface area (Å²) in [6, 6.07) is 72.6. The first kappa shape index (κ1) is 32.7. The minimum Gasteiger partial charge on any atom is -0.310 e. The van der Waals surface area contributed by atoms with Crippen LogP contribution >= 0.6 is 0 Å². The van der Waals surface area contributed by atoms with Crippen LogP contribution in [0.15, 0.2) is 206 Å². The summed E-state index contributed by atoms with van der Waals surface area (Å²) in [5.41, 5.74) is 12.0. The first-order valence-corrected chi connectivity index (χ1v) is 19.3. The summed E-state index contributed by atoms with van der Waals surface area (Å²) in [7, 11) is 0. The molecule has 8 aromatic carbocycles. The van der Waals surface area contributed by atoms with Crippen LogP contribution in [0, 0.1) is 0 Å². The number of anilines is 3. The molecule has 11 aromatic rings. The summed E-state index contributed by atoms with van der Waals surface area (Å²) in [4.78, 5) is 18.1. The summed E-state index contributed by atoms with van der Waals surface area (Å²) in [5.74, 6) is 0. The van der Waals surface area contributed by atoms with Crippen LogP contribution in [0.2, 0.25) is 0 Å². The molecular weight excluding hydrogens is 693 g/mol. The number of pyridine rings is 3. The third-order valence-electron chi connectivity index (χ3n) is 11.0. The van der Waals surface area contributed by atoms with Crippen molar-refractivity contribution in [2.75, 3.05) is 4.90 Å². The van der Waals surface area contributed by atoms with Crippen LogP contribution < -0.4 is 4.90 Å². The number of fused-ring (bicyclic) bond motifs is 8. The molecule has 57 heavy (non-hydrogen) atoms. The molecule has 0 atom stereocenters. The minimum atomic E-state index is 0.900. The maximum atomic E-state index is 5.47. The molecule has 0 spiro atoms. The van der Waals surface area contributed by atoms with Crippen molar-refractivity contribution in [2.45, 2.75) is 0 Å². The largest absolute Gasteiger partial charge is 0.310 e. The van der Waals surface area contributed by atoms with E-state index < -0.39 is 0 Å². The van der Waals surface area contributed by atoms with Gasteiger partial charge in [0.1, 0.15) is 0 Å². The van der Waals surface area contributed by atoms with Gasteiger partial charge in [-0.25, -0.2) is 15.0 Å². The fraction of sp³-hybridized carbons (Fsp3) is 0. The van der Waals surface area contributed by atoms with E-state index in [9.17, 15) is 0 Å². The second-order valence-electron chi connectivity index (χ2n) is 14.4. The molecular formula is C53H34N4. The smallest absolute Gasteiger partial charge is 0.0972 e. The summed E-state index contributed by atoms with van der Waals surface area (Å²) in [6.07, 6.45) is 0. The van der Waals surface area contributed by atoms with Crippen molar-refractivity contribution in [1.29, 1.82) is 0 Å². The number of benzene rings is 8. The van der Waals surface area contributed by atoms with Crippen molar-refractivity contribution in [2.24, 2.45) is 0 Å². The number of hydrogen-bond donors (Lipinski definition) is 0. The van der Waals surface area contributed by atoms with Crippen molar-refractivity contribution in [1.82, 2.24) is 15.0 Å². The molecule has 11 rings (SSSR count). The third kappa shape index (κ3) is 5.74. The van der Waals surface area contributed by atoms with Crippen LogP contribution in [0.25, 0.3) is 88.0 Å². The van der Waals surface area contributed by atoms with Gasteiger partial charge in [0.25, 0.3) is 0 Å². The second kappa shape index (κ2) is 13.6. The van der Waals surface area contributed by atoms with E-state index in [0.29, 0.717) is 0 Å². The average Bonchev–Trinajstić information content (AvgIpc) is 3.29. The van der Waals surface area contributed by atoms with Crippen LogP contribution in [0.3, 0.4) is 0 Å². The van der Waals surface area contributed by atoms with Crippen molar-refractivity contribution < 1.29 is 0 Å². The Balaban J connectivity index is 1.05. The molecule has 0 unspecified atom stereocenters. The number of hydrogen-bond acceptors (Lipinski definition) is 4. The maximum absolute atomic E-state index is 5.47. The monoisotopic (exact) mass is 726 g/mol. The van der Waals surface area contributed by atoms with E-state index in [2.05, 4.69) is 193 Å². The zero-order chi connectivity index (χ0) is 37.7. The van der Waals surface area contributed by atoms with Crippen molar-refractivity contribution >= 4 is 71.3 Å². The van der Waals surface area contributed by atoms with Gasteiger partial charge in [-0.3, -0.25) is 0 Å². The van der Waals surface area contributed by atoms with Gasteiger partial charge in [0.15, 0.2) is 0 Å². The van der Waals surface area contributed by atoms with Crippen molar-refractivity contribution in [3.63, 3.8) is 0 Å². The van der Waals surface area contributed by atoms with Crippen molar-refractivity contribution in [3.05, 3.63) is 206 Å². The van der Waals surface area contributed by atoms with Gasteiger partial charge in [-0.05, 0) is 59.3 Å². The summed E-state index contributed by atoms with van der Waals surface area (Å²) in [5, 5.41) is 8.02. The van der Waals surface area contributed by atoms with E-state index in [0.717, 1.165) is 88.9 Å². The summed E-state index contributed by atoms with van der Waals surface area (Å²) < 4.78 is 0. The second-order valence-corrected chi connectivity index (χ2v) is 14.4. The van der Waals surface area contributed by atoms with E-state index in [1.54, 1.807) is 0 Å². The predicted octanol–water partition coefficient (Wildman–Crippen LogP) is 14.1. The van der Waals surface area contributed by atoms with Crippen LogP contribution in [0.4, 0.5) is 17.1 Å². The van der Waals surface area contributed by atoms with Crippen LogP contribution in [-0.4, -0.2) is 15.0 Å². The Labute approximate surface area is 330 Å². The van der Waals surface area contributed by atoms with Gasteiger partial charge >= 0.3 is 0 Å². The zero-order valence-electron chi connectivity index (χ0n) is 30.9. The van der Waals surface area contributed by atoms with Gasteiger partial charge < -0.3 is 4.90 Å². The third-order valence-corrected chi connectivity index (χ3v) is 11.0. The molecule has 0 fully saturated rings. The number of para-hydroxylation sites is 2. The molecule has 0 aliphatic carbocycles. The van der Waals surface area contributed by atoms with Gasteiger partial charge in [0, 0.05) is 60.7 Å². The molecule has 0 saturated heterocycles. The molecule has 0 saturated carbocycles. The highest BCUT2D eigenvalue weighted by Gasteiger charge is 2.18. The Bertz CT molecular complexity index is 3230. The van der Waals surface area contributed by atoms with Crippen LogP contribution in [-0.2, 0) is 0 Å². The van der Waals surface area contributed by atoms with E-state index >= 15 is 0 Å². The van der Waals surface area contributed by atoms with Crippen LogP contribution in [0.1, 0.15) is 0 Å². The highest BCUT2D eigenvalue weighted by Crippen LogP contribution is 2.41. The normalized spacial score (nSPS) is 11.5. The number of nitrogens with zero attached hydrogens (tertiary/aromatic N) is 4. The average molecular weight is 727 g/mol. The molecule has 266 valence electrons. The fourth-order valence-electron chi connectivity index (χ4n) is 8.22. The lowest BCUT2D eigenvalue weighted by Gasteiger charge is -2.26. The van der Waals surface area contributed by atoms with E-state index in [4.69, 9.17) is 15.0 Å². The lowest BCUT2D eigenvalue weighted by Crippen LogP contribution is -2.09. The maximum Gasteiger partial charge on any atom is 0.0972 e. The Morgan fingerprint density at radius 3 is 1.47 bits per heavy atom. The van der Waals surface area contributed by atoms with E-state index in [-0.39, 0.29) is 0 Å². The number of aromatic nitrogens is 3. The quantitative estimate of drug-likeness (QED) is 0.160. The summed E-state index contributed by atoms with van der Waals surface area (Å²) in [6.45, 7) is 0. The topological polar surface area (TPSA) is 41.9 Å². The Morgan fingerprint density at radius 2 is 0.825 bits per heavy atom. The zero-order valence-corrected chi connectivity index (χ0v) is 30.9. The minimum absolute atomic E-state index is 0.900. The lowest BCUT2D eigenvalue weighted by molar-refractivity contribution is 1.28. The Kier molecular flexibility index (Phi) is 7.78. The molecule has 3 heterocycles. The lowest BCUT2D eigenvalue weighted by atomic mass is 9.94. The SMILES string of the molecule is c1ccc(-c2ccc3ccc4ccc(-c5ccc(-c6nc7cc(N(c8ccccc8)c8ccccc8)ccc7c7c6ccc6ccccc67)cc5)nc4c3n2)cc1. The molecule has 4 heteroatoms. The molecule has 0 radical (unpaired) electrons. The van der Waals surface area contributed by atoms with E-state index in [1.165, 1.54) is 16.2 Å². The highest BCUT2D eigenvalue weighted by atomic mass is 15.1. The molecule has 0 amide bonds. The molecule has 0 aliphatic heterocycles. The van der Waals surface area contributed by atoms with Gasteiger partial charge in [-0.2, -0.15) is 0 Å². The standard InChI is InChI=1S/C53H34N4/c1-4-13-36(14-5-1)47-32-27-39-24-25-40-28-33-48(55-53(40)52(39)54-47)37-20-22-38(23-21-37)51-46-30-26-35-12-10-11-19-44(35)50(46)45-31-29-43(34-49(45)56-51)57(41-15-6-2-7-16-41)42-17-8-3-9-18-42/h1-34H. The fourth-order valence-corrected chi connectivity index (χ4v) is 8.22. The molecule has 0 bridgehead atoms.